The van der Waals surface area contributed by atoms with E-state index in [1.54, 1.807) is 12.1 Å². The van der Waals surface area contributed by atoms with Gasteiger partial charge in [0.1, 0.15) is 0 Å². The minimum absolute atomic E-state index is 0.0202. The molecule has 3 rings (SSSR count). The third-order valence-electron chi connectivity index (χ3n) is 4.73. The Labute approximate surface area is 130 Å². The number of likely N-dealkylation sites (tertiary alicyclic amines) is 1. The van der Waals surface area contributed by atoms with E-state index in [-0.39, 0.29) is 17.7 Å². The maximum absolute atomic E-state index is 12.5. The number of hydrogen-bond acceptors (Lipinski definition) is 3. The molecule has 3 unspecified atom stereocenters. The Hall–Kier alpha value is -1.88. The largest absolute Gasteiger partial charge is 0.338 e. The Morgan fingerprint density at radius 3 is 2.82 bits per heavy atom. The Morgan fingerprint density at radius 1 is 1.41 bits per heavy atom. The number of nitrogens with one attached hydrogen (secondary N) is 1. The lowest BCUT2D eigenvalue weighted by Gasteiger charge is -2.17. The minimum atomic E-state index is 0.0202. The molecule has 2 aliphatic rings. The van der Waals surface area contributed by atoms with E-state index in [0.717, 1.165) is 25.9 Å². The molecular formula is C17H23N3O2. The van der Waals surface area contributed by atoms with Gasteiger partial charge in [0, 0.05) is 30.3 Å². The van der Waals surface area contributed by atoms with Crippen molar-refractivity contribution in [1.29, 1.82) is 0 Å². The fourth-order valence-corrected chi connectivity index (χ4v) is 3.04. The summed E-state index contributed by atoms with van der Waals surface area (Å²) in [6.45, 7) is 4.19. The predicted molar refractivity (Wildman–Crippen MR) is 85.4 cm³/mol. The Bertz CT molecular complexity index is 587. The summed E-state index contributed by atoms with van der Waals surface area (Å²) in [5.74, 6) is 1.09. The SMILES string of the molecule is CC1CC1C(=O)Nc1cccc(C(=O)N2CCC(CN)C2)c1. The first-order valence-electron chi connectivity index (χ1n) is 7.98. The highest BCUT2D eigenvalue weighted by Crippen LogP contribution is 2.38. The van der Waals surface area contributed by atoms with Crippen molar-refractivity contribution in [2.75, 3.05) is 25.0 Å². The molecule has 1 aliphatic heterocycles. The van der Waals surface area contributed by atoms with Crippen LogP contribution in [0.4, 0.5) is 5.69 Å². The number of nitrogens with two attached hydrogens (primary N) is 1. The molecule has 0 spiro atoms. The monoisotopic (exact) mass is 301 g/mol. The molecular weight excluding hydrogens is 278 g/mol. The Morgan fingerprint density at radius 2 is 2.18 bits per heavy atom. The van der Waals surface area contributed by atoms with Crippen LogP contribution in [0.5, 0.6) is 0 Å². The van der Waals surface area contributed by atoms with E-state index in [9.17, 15) is 9.59 Å². The van der Waals surface area contributed by atoms with Crippen molar-refractivity contribution < 1.29 is 9.59 Å². The first-order chi connectivity index (χ1) is 10.6. The van der Waals surface area contributed by atoms with Gasteiger partial charge in [0.25, 0.3) is 5.91 Å². The van der Waals surface area contributed by atoms with E-state index in [0.29, 0.717) is 29.6 Å². The van der Waals surface area contributed by atoms with Gasteiger partial charge in [-0.1, -0.05) is 13.0 Å². The van der Waals surface area contributed by atoms with Crippen LogP contribution in [-0.2, 0) is 4.79 Å². The van der Waals surface area contributed by atoms with Crippen LogP contribution in [0.15, 0.2) is 24.3 Å². The molecule has 2 fully saturated rings. The zero-order valence-corrected chi connectivity index (χ0v) is 12.9. The maximum Gasteiger partial charge on any atom is 0.253 e. The van der Waals surface area contributed by atoms with Crippen molar-refractivity contribution in [3.8, 4) is 0 Å². The second-order valence-electron chi connectivity index (χ2n) is 6.53. The summed E-state index contributed by atoms with van der Waals surface area (Å²) in [4.78, 5) is 26.3. The number of benzene rings is 1. The first-order valence-corrected chi connectivity index (χ1v) is 7.98. The lowest BCUT2D eigenvalue weighted by Crippen LogP contribution is -2.29. The van der Waals surface area contributed by atoms with Gasteiger partial charge >= 0.3 is 0 Å². The van der Waals surface area contributed by atoms with E-state index in [2.05, 4.69) is 12.2 Å². The lowest BCUT2D eigenvalue weighted by molar-refractivity contribution is -0.117. The van der Waals surface area contributed by atoms with Crippen LogP contribution in [-0.4, -0.2) is 36.3 Å². The van der Waals surface area contributed by atoms with Crippen LogP contribution in [0.1, 0.15) is 30.1 Å². The van der Waals surface area contributed by atoms with Crippen LogP contribution >= 0.6 is 0 Å². The topological polar surface area (TPSA) is 75.4 Å². The van der Waals surface area contributed by atoms with E-state index in [1.807, 2.05) is 17.0 Å². The van der Waals surface area contributed by atoms with Crippen LogP contribution in [0.2, 0.25) is 0 Å². The number of amides is 2. The third-order valence-corrected chi connectivity index (χ3v) is 4.73. The smallest absolute Gasteiger partial charge is 0.253 e. The molecule has 3 N–H and O–H groups in total. The van der Waals surface area contributed by atoms with Crippen molar-refractivity contribution in [2.24, 2.45) is 23.5 Å². The zero-order valence-electron chi connectivity index (χ0n) is 12.9. The molecule has 1 aromatic rings. The van der Waals surface area contributed by atoms with Gasteiger partial charge < -0.3 is 16.0 Å². The number of carbonyl (C=O) groups is 2. The summed E-state index contributed by atoms with van der Waals surface area (Å²) in [7, 11) is 0. The Balaban J connectivity index is 1.65. The first kappa shape index (κ1) is 15.0. The molecule has 1 aromatic carbocycles. The molecule has 1 aliphatic carbocycles. The Kier molecular flexibility index (Phi) is 4.16. The van der Waals surface area contributed by atoms with E-state index in [4.69, 9.17) is 5.73 Å². The minimum Gasteiger partial charge on any atom is -0.338 e. The highest BCUT2D eigenvalue weighted by molar-refractivity contribution is 5.98. The van der Waals surface area contributed by atoms with E-state index >= 15 is 0 Å². The predicted octanol–water partition coefficient (Wildman–Crippen LogP) is 1.70. The van der Waals surface area contributed by atoms with Crippen LogP contribution in [0.3, 0.4) is 0 Å². The standard InChI is InChI=1S/C17H23N3O2/c1-11-7-15(11)16(21)19-14-4-2-3-13(8-14)17(22)20-6-5-12(9-18)10-20/h2-4,8,11-12,15H,5-7,9-10,18H2,1H3,(H,19,21). The van der Waals surface area contributed by atoms with Crippen molar-refractivity contribution >= 4 is 17.5 Å². The molecule has 1 saturated heterocycles. The number of anilines is 1. The molecule has 5 heteroatoms. The number of carbonyl (C=O) groups excluding carboxylic acids is 2. The summed E-state index contributed by atoms with van der Waals surface area (Å²) < 4.78 is 0. The van der Waals surface area contributed by atoms with Crippen molar-refractivity contribution in [1.82, 2.24) is 4.90 Å². The van der Waals surface area contributed by atoms with Gasteiger partial charge in [0.05, 0.1) is 0 Å². The van der Waals surface area contributed by atoms with Gasteiger partial charge in [-0.05, 0) is 49.4 Å². The van der Waals surface area contributed by atoms with E-state index < -0.39 is 0 Å². The fraction of sp³-hybridized carbons (Fsp3) is 0.529. The van der Waals surface area contributed by atoms with Gasteiger partial charge in [-0.3, -0.25) is 9.59 Å². The lowest BCUT2D eigenvalue weighted by atomic mass is 10.1. The highest BCUT2D eigenvalue weighted by atomic mass is 16.2. The molecule has 2 amide bonds. The summed E-state index contributed by atoms with van der Waals surface area (Å²) >= 11 is 0. The molecule has 1 heterocycles. The normalized spacial score (nSPS) is 26.8. The number of hydrogen-bond donors (Lipinski definition) is 2. The quantitative estimate of drug-likeness (QED) is 0.889. The number of nitrogens with zero attached hydrogens (tertiary/aromatic N) is 1. The molecule has 0 aromatic heterocycles. The van der Waals surface area contributed by atoms with Gasteiger partial charge in [-0.25, -0.2) is 0 Å². The highest BCUT2D eigenvalue weighted by Gasteiger charge is 2.39. The summed E-state index contributed by atoms with van der Waals surface area (Å²) in [6.07, 6.45) is 1.93. The van der Waals surface area contributed by atoms with Crippen LogP contribution in [0, 0.1) is 17.8 Å². The number of rotatable bonds is 4. The molecule has 118 valence electrons. The molecule has 0 bridgehead atoms. The van der Waals surface area contributed by atoms with Crippen LogP contribution < -0.4 is 11.1 Å². The molecule has 22 heavy (non-hydrogen) atoms. The summed E-state index contributed by atoms with van der Waals surface area (Å²) in [5.41, 5.74) is 7.00. The van der Waals surface area contributed by atoms with Gasteiger partial charge in [-0.15, -0.1) is 0 Å². The zero-order chi connectivity index (χ0) is 15.7. The van der Waals surface area contributed by atoms with E-state index in [1.165, 1.54) is 0 Å². The molecule has 3 atom stereocenters. The van der Waals surface area contributed by atoms with Gasteiger partial charge in [0.2, 0.25) is 5.91 Å². The molecule has 5 nitrogen and oxygen atoms in total. The van der Waals surface area contributed by atoms with Gasteiger partial charge in [0.15, 0.2) is 0 Å². The summed E-state index contributed by atoms with van der Waals surface area (Å²) in [6, 6.07) is 7.21. The second-order valence-corrected chi connectivity index (χ2v) is 6.53. The van der Waals surface area contributed by atoms with Crippen molar-refractivity contribution in [3.05, 3.63) is 29.8 Å². The molecule has 1 saturated carbocycles. The van der Waals surface area contributed by atoms with Crippen molar-refractivity contribution in [3.63, 3.8) is 0 Å². The van der Waals surface area contributed by atoms with Gasteiger partial charge in [-0.2, -0.15) is 0 Å². The van der Waals surface area contributed by atoms with Crippen LogP contribution in [0.25, 0.3) is 0 Å². The van der Waals surface area contributed by atoms with Crippen molar-refractivity contribution in [2.45, 2.75) is 19.8 Å². The fourth-order valence-electron chi connectivity index (χ4n) is 3.04. The summed E-state index contributed by atoms with van der Waals surface area (Å²) in [5, 5.41) is 2.91. The average Bonchev–Trinajstić information content (AvgIpc) is 3.07. The maximum atomic E-state index is 12.5. The average molecular weight is 301 g/mol. The second kappa shape index (κ2) is 6.08. The third kappa shape index (κ3) is 3.14. The molecule has 0 radical (unpaired) electrons.